The fourth-order valence-electron chi connectivity index (χ4n) is 5.66. The van der Waals surface area contributed by atoms with Gasteiger partial charge in [-0.3, -0.25) is 0 Å². The Bertz CT molecular complexity index is 453. The van der Waals surface area contributed by atoms with Gasteiger partial charge in [-0.05, 0) is 68.1 Å². The molecule has 4 saturated carbocycles. The first-order valence-corrected chi connectivity index (χ1v) is 8.39. The minimum absolute atomic E-state index is 0.0963. The van der Waals surface area contributed by atoms with E-state index in [4.69, 9.17) is 5.73 Å². The summed E-state index contributed by atoms with van der Waals surface area (Å²) in [4.78, 5) is 0. The first-order chi connectivity index (χ1) is 9.76. The van der Waals surface area contributed by atoms with Gasteiger partial charge in [-0.2, -0.15) is 0 Å². The van der Waals surface area contributed by atoms with E-state index in [2.05, 4.69) is 21.7 Å². The highest BCUT2D eigenvalue weighted by molar-refractivity contribution is 5.06. The van der Waals surface area contributed by atoms with Gasteiger partial charge in [0.05, 0.1) is 6.04 Å². The van der Waals surface area contributed by atoms with Crippen LogP contribution in [0, 0.1) is 29.6 Å². The number of hydrogen-bond donors (Lipinski definition) is 1. The van der Waals surface area contributed by atoms with E-state index in [0.717, 1.165) is 42.5 Å². The number of aryl methyl sites for hydroxylation is 1. The van der Waals surface area contributed by atoms with Gasteiger partial charge in [0, 0.05) is 6.54 Å². The molecule has 1 heterocycles. The second kappa shape index (κ2) is 4.83. The van der Waals surface area contributed by atoms with Crippen LogP contribution in [0.2, 0.25) is 0 Å². The third-order valence-corrected chi connectivity index (χ3v) is 6.12. The minimum Gasteiger partial charge on any atom is -0.321 e. The number of rotatable bonds is 4. The van der Waals surface area contributed by atoms with Crippen LogP contribution in [0.4, 0.5) is 0 Å². The van der Waals surface area contributed by atoms with E-state index in [1.165, 1.54) is 32.1 Å². The number of hydrogen-bond acceptors (Lipinski definition) is 3. The summed E-state index contributed by atoms with van der Waals surface area (Å²) in [5.41, 5.74) is 6.67. The highest BCUT2D eigenvalue weighted by Crippen LogP contribution is 2.58. The van der Waals surface area contributed by atoms with Gasteiger partial charge in [0.2, 0.25) is 0 Å². The summed E-state index contributed by atoms with van der Waals surface area (Å²) in [6, 6.07) is 0.0963. The van der Waals surface area contributed by atoms with Gasteiger partial charge in [0.25, 0.3) is 0 Å². The Hall–Kier alpha value is -0.900. The van der Waals surface area contributed by atoms with E-state index in [1.807, 2.05) is 6.33 Å². The van der Waals surface area contributed by atoms with Crippen LogP contribution >= 0.6 is 0 Å². The monoisotopic (exact) mass is 274 g/mol. The van der Waals surface area contributed by atoms with Gasteiger partial charge in [0.15, 0.2) is 0 Å². The van der Waals surface area contributed by atoms with Crippen molar-refractivity contribution < 1.29 is 0 Å². The van der Waals surface area contributed by atoms with Crippen molar-refractivity contribution in [3.8, 4) is 0 Å². The summed E-state index contributed by atoms with van der Waals surface area (Å²) in [6.45, 7) is 3.18. The van der Waals surface area contributed by atoms with Crippen molar-refractivity contribution >= 4 is 0 Å². The molecule has 4 aliphatic rings. The molecule has 1 unspecified atom stereocenters. The molecule has 4 heteroatoms. The van der Waals surface area contributed by atoms with Crippen LogP contribution in [0.5, 0.6) is 0 Å². The van der Waals surface area contributed by atoms with Crippen LogP contribution in [0.3, 0.4) is 0 Å². The topological polar surface area (TPSA) is 56.7 Å². The lowest BCUT2D eigenvalue weighted by Crippen LogP contribution is -2.49. The summed E-state index contributed by atoms with van der Waals surface area (Å²) < 4.78 is 2.18. The summed E-state index contributed by atoms with van der Waals surface area (Å²) in [5.74, 6) is 5.41. The largest absolute Gasteiger partial charge is 0.321 e. The molecule has 0 radical (unpaired) electrons. The lowest BCUT2D eigenvalue weighted by Gasteiger charge is -2.55. The molecule has 0 aliphatic heterocycles. The predicted molar refractivity (Wildman–Crippen MR) is 77.8 cm³/mol. The highest BCUT2D eigenvalue weighted by atomic mass is 15.3. The average molecular weight is 274 g/mol. The fourth-order valence-corrected chi connectivity index (χ4v) is 5.66. The van der Waals surface area contributed by atoms with Crippen LogP contribution < -0.4 is 5.73 Å². The average Bonchev–Trinajstić information content (AvgIpc) is 2.86. The second-order valence-corrected chi connectivity index (χ2v) is 7.42. The molecule has 4 bridgehead atoms. The molecular weight excluding hydrogens is 248 g/mol. The third-order valence-electron chi connectivity index (χ3n) is 6.12. The molecule has 0 amide bonds. The van der Waals surface area contributed by atoms with Crippen molar-refractivity contribution in [3.63, 3.8) is 0 Å². The molecule has 0 spiro atoms. The lowest BCUT2D eigenvalue weighted by atomic mass is 9.50. The molecule has 0 saturated heterocycles. The SMILES string of the molecule is CCCn1cnnc1C(N)C1C2CC3CC(C2)CC1C3. The number of nitrogens with zero attached hydrogens (tertiary/aromatic N) is 3. The molecule has 1 aromatic rings. The van der Waals surface area contributed by atoms with Crippen molar-refractivity contribution in [1.82, 2.24) is 14.8 Å². The summed E-state index contributed by atoms with van der Waals surface area (Å²) >= 11 is 0. The van der Waals surface area contributed by atoms with E-state index < -0.39 is 0 Å². The molecule has 2 N–H and O–H groups in total. The molecule has 0 aromatic carbocycles. The molecule has 1 aromatic heterocycles. The van der Waals surface area contributed by atoms with Crippen LogP contribution in [-0.4, -0.2) is 14.8 Å². The van der Waals surface area contributed by atoms with E-state index in [1.54, 1.807) is 0 Å². The Morgan fingerprint density at radius 3 is 2.45 bits per heavy atom. The van der Waals surface area contributed by atoms with Crippen molar-refractivity contribution in [2.75, 3.05) is 0 Å². The van der Waals surface area contributed by atoms with E-state index in [0.29, 0.717) is 5.92 Å². The maximum absolute atomic E-state index is 6.67. The van der Waals surface area contributed by atoms with E-state index in [9.17, 15) is 0 Å². The molecule has 4 fully saturated rings. The highest BCUT2D eigenvalue weighted by Gasteiger charge is 2.50. The standard InChI is InChI=1S/C16H26N4/c1-2-3-20-9-18-19-16(20)15(17)14-12-5-10-4-11(7-12)8-13(14)6-10/h9-15H,2-8,17H2,1H3. The Morgan fingerprint density at radius 1 is 1.20 bits per heavy atom. The zero-order valence-corrected chi connectivity index (χ0v) is 12.4. The van der Waals surface area contributed by atoms with Gasteiger partial charge < -0.3 is 10.3 Å². The van der Waals surface area contributed by atoms with Crippen LogP contribution in [0.25, 0.3) is 0 Å². The smallest absolute Gasteiger partial charge is 0.150 e. The van der Waals surface area contributed by atoms with Crippen molar-refractivity contribution in [3.05, 3.63) is 12.2 Å². The lowest BCUT2D eigenvalue weighted by molar-refractivity contribution is -0.0486. The fraction of sp³-hybridized carbons (Fsp3) is 0.875. The quantitative estimate of drug-likeness (QED) is 0.918. The third kappa shape index (κ3) is 1.92. The molecule has 20 heavy (non-hydrogen) atoms. The van der Waals surface area contributed by atoms with Gasteiger partial charge in [-0.15, -0.1) is 10.2 Å². The maximum Gasteiger partial charge on any atom is 0.150 e. The van der Waals surface area contributed by atoms with Gasteiger partial charge >= 0.3 is 0 Å². The van der Waals surface area contributed by atoms with Crippen molar-refractivity contribution in [2.24, 2.45) is 35.3 Å². The first-order valence-electron chi connectivity index (χ1n) is 8.39. The Labute approximate surface area is 121 Å². The molecule has 110 valence electrons. The molecule has 4 nitrogen and oxygen atoms in total. The van der Waals surface area contributed by atoms with Gasteiger partial charge in [-0.25, -0.2) is 0 Å². The summed E-state index contributed by atoms with van der Waals surface area (Å²) in [5, 5.41) is 8.46. The molecular formula is C16H26N4. The zero-order chi connectivity index (χ0) is 13.7. The Morgan fingerprint density at radius 2 is 1.85 bits per heavy atom. The van der Waals surface area contributed by atoms with Crippen molar-refractivity contribution in [1.29, 1.82) is 0 Å². The molecule has 1 atom stereocenters. The van der Waals surface area contributed by atoms with Gasteiger partial charge in [0.1, 0.15) is 12.2 Å². The predicted octanol–water partition coefficient (Wildman–Crippen LogP) is 2.76. The second-order valence-electron chi connectivity index (χ2n) is 7.42. The molecule has 5 rings (SSSR count). The van der Waals surface area contributed by atoms with Crippen LogP contribution in [0.1, 0.15) is 57.3 Å². The van der Waals surface area contributed by atoms with Gasteiger partial charge in [-0.1, -0.05) is 6.92 Å². The van der Waals surface area contributed by atoms with E-state index >= 15 is 0 Å². The maximum atomic E-state index is 6.67. The first kappa shape index (κ1) is 12.8. The summed E-state index contributed by atoms with van der Waals surface area (Å²) in [7, 11) is 0. The Balaban J connectivity index is 1.59. The van der Waals surface area contributed by atoms with Crippen LogP contribution in [0.15, 0.2) is 6.33 Å². The number of nitrogens with two attached hydrogens (primary N) is 1. The zero-order valence-electron chi connectivity index (χ0n) is 12.4. The molecule has 4 aliphatic carbocycles. The minimum atomic E-state index is 0.0963. The van der Waals surface area contributed by atoms with Crippen molar-refractivity contribution in [2.45, 2.75) is 58.0 Å². The van der Waals surface area contributed by atoms with Crippen LogP contribution in [-0.2, 0) is 6.54 Å². The summed E-state index contributed by atoms with van der Waals surface area (Å²) in [6.07, 6.45) is 10.2. The van der Waals surface area contributed by atoms with E-state index in [-0.39, 0.29) is 6.04 Å². The number of aromatic nitrogens is 3. The normalized spacial score (nSPS) is 40.2. The Kier molecular flexibility index (Phi) is 3.09.